The molecule has 3 rings (SSSR count). The summed E-state index contributed by atoms with van der Waals surface area (Å²) in [5.41, 5.74) is 2.78. The van der Waals surface area contributed by atoms with Gasteiger partial charge in [-0.3, -0.25) is 9.69 Å². The van der Waals surface area contributed by atoms with Crippen molar-refractivity contribution in [3.63, 3.8) is 0 Å². The van der Waals surface area contributed by atoms with Crippen molar-refractivity contribution >= 4 is 16.0 Å². The molecule has 0 saturated carbocycles. The highest BCUT2D eigenvalue weighted by Gasteiger charge is 2.37. The van der Waals surface area contributed by atoms with Crippen LogP contribution in [0.1, 0.15) is 30.5 Å². The summed E-state index contributed by atoms with van der Waals surface area (Å²) < 4.78 is 33.6. The van der Waals surface area contributed by atoms with Gasteiger partial charge in [-0.05, 0) is 41.7 Å². The second kappa shape index (κ2) is 9.94. The minimum atomic E-state index is -3.68. The van der Waals surface area contributed by atoms with Crippen LogP contribution in [-0.4, -0.2) is 56.4 Å². The topological polar surface area (TPSA) is 66.9 Å². The third-order valence-electron chi connectivity index (χ3n) is 5.96. The molecule has 1 aliphatic rings. The van der Waals surface area contributed by atoms with Crippen LogP contribution < -0.4 is 0 Å². The number of hydrogen-bond donors (Lipinski definition) is 0. The van der Waals surface area contributed by atoms with Gasteiger partial charge < -0.3 is 4.74 Å². The van der Waals surface area contributed by atoms with Gasteiger partial charge in [-0.15, -0.1) is 0 Å². The molecule has 0 aromatic heterocycles. The molecule has 1 fully saturated rings. The van der Waals surface area contributed by atoms with Crippen molar-refractivity contribution in [2.24, 2.45) is 5.92 Å². The molecular weight excluding hydrogens is 412 g/mol. The summed E-state index contributed by atoms with van der Waals surface area (Å²) in [6.07, 6.45) is 0.0597. The van der Waals surface area contributed by atoms with Gasteiger partial charge in [-0.2, -0.15) is 4.31 Å². The van der Waals surface area contributed by atoms with Gasteiger partial charge in [0.05, 0.1) is 18.4 Å². The second-order valence-corrected chi connectivity index (χ2v) is 10.4. The summed E-state index contributed by atoms with van der Waals surface area (Å²) >= 11 is 0. The largest absolute Gasteiger partial charge is 0.469 e. The minimum absolute atomic E-state index is 0.0597. The Morgan fingerprint density at radius 1 is 1.13 bits per heavy atom. The quantitative estimate of drug-likeness (QED) is 0.614. The average Bonchev–Trinajstić information content (AvgIpc) is 2.75. The highest BCUT2D eigenvalue weighted by molar-refractivity contribution is 7.89. The Hall–Kier alpha value is -2.22. The van der Waals surface area contributed by atoms with E-state index < -0.39 is 10.0 Å². The van der Waals surface area contributed by atoms with Crippen molar-refractivity contribution in [1.82, 2.24) is 9.21 Å². The lowest BCUT2D eigenvalue weighted by Gasteiger charge is -2.42. The van der Waals surface area contributed by atoms with Crippen LogP contribution in [0.2, 0.25) is 0 Å². The van der Waals surface area contributed by atoms with Crippen molar-refractivity contribution in [3.8, 4) is 0 Å². The Balaban J connectivity index is 1.83. The molecule has 1 saturated heterocycles. The smallest absolute Gasteiger partial charge is 0.309 e. The van der Waals surface area contributed by atoms with Crippen molar-refractivity contribution in [2.75, 3.05) is 26.7 Å². The van der Waals surface area contributed by atoms with Gasteiger partial charge in [0, 0.05) is 32.2 Å². The number of hydrogen-bond acceptors (Lipinski definition) is 5. The van der Waals surface area contributed by atoms with Gasteiger partial charge in [0.15, 0.2) is 0 Å². The number of aryl methyl sites for hydroxylation is 1. The van der Waals surface area contributed by atoms with Crippen LogP contribution in [0.25, 0.3) is 0 Å². The van der Waals surface area contributed by atoms with Gasteiger partial charge in [-0.25, -0.2) is 8.42 Å². The Bertz CT molecular complexity index is 1010. The van der Waals surface area contributed by atoms with Crippen LogP contribution in [0.3, 0.4) is 0 Å². The molecule has 1 heterocycles. The predicted octanol–water partition coefficient (Wildman–Crippen LogP) is 3.24. The number of esters is 1. The maximum Gasteiger partial charge on any atom is 0.309 e. The molecule has 1 unspecified atom stereocenters. The van der Waals surface area contributed by atoms with E-state index in [-0.39, 0.29) is 29.2 Å². The molecule has 0 N–H and O–H groups in total. The Labute approximate surface area is 185 Å². The number of ether oxygens (including phenoxy) is 1. The molecule has 0 bridgehead atoms. The predicted molar refractivity (Wildman–Crippen MR) is 121 cm³/mol. The van der Waals surface area contributed by atoms with Crippen LogP contribution >= 0.6 is 0 Å². The fourth-order valence-corrected chi connectivity index (χ4v) is 5.83. The molecule has 2 aromatic rings. The van der Waals surface area contributed by atoms with Crippen molar-refractivity contribution in [1.29, 1.82) is 0 Å². The molecule has 1 atom stereocenters. The first-order valence-corrected chi connectivity index (χ1v) is 12.1. The minimum Gasteiger partial charge on any atom is -0.469 e. The van der Waals surface area contributed by atoms with E-state index in [0.29, 0.717) is 25.2 Å². The number of benzene rings is 2. The molecule has 0 aliphatic carbocycles. The van der Waals surface area contributed by atoms with Gasteiger partial charge in [-0.1, -0.05) is 50.2 Å². The first-order chi connectivity index (χ1) is 14.7. The lowest BCUT2D eigenvalue weighted by molar-refractivity contribution is -0.139. The standard InChI is InChI=1S/C24H32N2O4S/c1-18(2)23-17-25(16-20-8-6-5-7-9-20)12-13-26(23)31(28,29)22-11-10-19(3)21(14-22)15-24(27)30-4/h5-11,14,18,23H,12-13,15-17H2,1-4H3. The van der Waals surface area contributed by atoms with E-state index in [0.717, 1.165) is 12.1 Å². The lowest BCUT2D eigenvalue weighted by atomic mass is 10.0. The van der Waals surface area contributed by atoms with Gasteiger partial charge >= 0.3 is 5.97 Å². The van der Waals surface area contributed by atoms with Crippen molar-refractivity contribution < 1.29 is 17.9 Å². The van der Waals surface area contributed by atoms with Gasteiger partial charge in [0.1, 0.15) is 0 Å². The van der Waals surface area contributed by atoms with Crippen LogP contribution in [0.15, 0.2) is 53.4 Å². The van der Waals surface area contributed by atoms with E-state index >= 15 is 0 Å². The third kappa shape index (κ3) is 5.53. The maximum atomic E-state index is 13.6. The summed E-state index contributed by atoms with van der Waals surface area (Å²) in [6, 6.07) is 15.2. The molecular formula is C24H32N2O4S. The number of rotatable bonds is 7. The molecule has 6 nitrogen and oxygen atoms in total. The van der Waals surface area contributed by atoms with Gasteiger partial charge in [0.2, 0.25) is 10.0 Å². The summed E-state index contributed by atoms with van der Waals surface area (Å²) in [6.45, 7) is 8.62. The van der Waals surface area contributed by atoms with Crippen LogP contribution in [0.5, 0.6) is 0 Å². The number of carbonyl (C=O) groups is 1. The van der Waals surface area contributed by atoms with Crippen molar-refractivity contribution in [3.05, 3.63) is 65.2 Å². The van der Waals surface area contributed by atoms with Crippen molar-refractivity contribution in [2.45, 2.75) is 44.7 Å². The third-order valence-corrected chi connectivity index (χ3v) is 7.88. The maximum absolute atomic E-state index is 13.6. The van der Waals surface area contributed by atoms with Crippen LogP contribution in [-0.2, 0) is 32.5 Å². The van der Waals surface area contributed by atoms with E-state index in [9.17, 15) is 13.2 Å². The van der Waals surface area contributed by atoms with E-state index in [4.69, 9.17) is 4.74 Å². The Kier molecular flexibility index (Phi) is 7.51. The monoisotopic (exact) mass is 444 g/mol. The summed E-state index contributed by atoms with van der Waals surface area (Å²) in [5, 5.41) is 0. The number of carbonyl (C=O) groups excluding carboxylic acids is 1. The normalized spacial score (nSPS) is 18.3. The number of piperazine rings is 1. The first-order valence-electron chi connectivity index (χ1n) is 10.7. The van der Waals surface area contributed by atoms with Gasteiger partial charge in [0.25, 0.3) is 0 Å². The van der Waals surface area contributed by atoms with E-state index in [1.54, 1.807) is 22.5 Å². The SMILES string of the molecule is COC(=O)Cc1cc(S(=O)(=O)N2CCN(Cc3ccccc3)CC2C(C)C)ccc1C. The summed E-state index contributed by atoms with van der Waals surface area (Å²) in [4.78, 5) is 14.3. The number of methoxy groups -OCH3 is 1. The number of sulfonamides is 1. The first kappa shape index (κ1) is 23.4. The number of nitrogens with zero attached hydrogens (tertiary/aromatic N) is 2. The zero-order chi connectivity index (χ0) is 22.6. The van der Waals surface area contributed by atoms with E-state index in [2.05, 4.69) is 30.9 Å². The summed E-state index contributed by atoms with van der Waals surface area (Å²) in [7, 11) is -2.35. The zero-order valence-electron chi connectivity index (χ0n) is 18.7. The Morgan fingerprint density at radius 3 is 2.48 bits per heavy atom. The fourth-order valence-electron chi connectivity index (χ4n) is 4.04. The highest BCUT2D eigenvalue weighted by Crippen LogP contribution is 2.27. The Morgan fingerprint density at radius 2 is 1.84 bits per heavy atom. The molecule has 168 valence electrons. The van der Waals surface area contributed by atoms with E-state index in [1.807, 2.05) is 25.1 Å². The molecule has 0 spiro atoms. The molecule has 31 heavy (non-hydrogen) atoms. The van der Waals surface area contributed by atoms with Crippen LogP contribution in [0.4, 0.5) is 0 Å². The highest BCUT2D eigenvalue weighted by atomic mass is 32.2. The molecule has 0 amide bonds. The second-order valence-electron chi connectivity index (χ2n) is 8.49. The molecule has 2 aromatic carbocycles. The van der Waals surface area contributed by atoms with Crippen LogP contribution in [0, 0.1) is 12.8 Å². The lowest BCUT2D eigenvalue weighted by Crippen LogP contribution is -2.56. The molecule has 7 heteroatoms. The fraction of sp³-hybridized carbons (Fsp3) is 0.458. The molecule has 0 radical (unpaired) electrons. The van der Waals surface area contributed by atoms with E-state index in [1.165, 1.54) is 12.7 Å². The summed E-state index contributed by atoms with van der Waals surface area (Å²) in [5.74, 6) is -0.208. The average molecular weight is 445 g/mol. The molecule has 1 aliphatic heterocycles. The zero-order valence-corrected chi connectivity index (χ0v) is 19.6.